The Kier molecular flexibility index (Phi) is 6.59. The van der Waals surface area contributed by atoms with Crippen LogP contribution in [0, 0.1) is 0 Å². The van der Waals surface area contributed by atoms with E-state index in [1.807, 2.05) is 20.8 Å². The van der Waals surface area contributed by atoms with Crippen molar-refractivity contribution in [2.75, 3.05) is 57.8 Å². The van der Waals surface area contributed by atoms with Gasteiger partial charge in [-0.05, 0) is 34.7 Å². The van der Waals surface area contributed by atoms with E-state index in [2.05, 4.69) is 28.8 Å². The number of carbonyl (C=O) groups is 2. The van der Waals surface area contributed by atoms with E-state index in [9.17, 15) is 9.59 Å². The van der Waals surface area contributed by atoms with E-state index in [-0.39, 0.29) is 40.5 Å². The molecule has 0 N–H and O–H groups in total. The van der Waals surface area contributed by atoms with Gasteiger partial charge >= 0.3 is 6.09 Å². The number of aromatic nitrogens is 1. The number of carbonyl (C=O) groups excluding carboxylic acids is 2. The highest BCUT2D eigenvalue weighted by Crippen LogP contribution is 2.42. The summed E-state index contributed by atoms with van der Waals surface area (Å²) in [5, 5.41) is 0.244. The second kappa shape index (κ2) is 9.00. The Morgan fingerprint density at radius 3 is 2.48 bits per heavy atom. The molecule has 0 radical (unpaired) electrons. The Hall–Kier alpha value is -1.97. The first-order valence-corrected chi connectivity index (χ1v) is 12.0. The van der Waals surface area contributed by atoms with Gasteiger partial charge < -0.3 is 29.1 Å². The molecule has 2 saturated heterocycles. The van der Waals surface area contributed by atoms with Gasteiger partial charge in [0.2, 0.25) is 0 Å². The fourth-order valence-corrected chi connectivity index (χ4v) is 4.93. The zero-order chi connectivity index (χ0) is 24.1. The van der Waals surface area contributed by atoms with Crippen molar-refractivity contribution in [3.63, 3.8) is 0 Å². The van der Waals surface area contributed by atoms with Crippen LogP contribution in [0.3, 0.4) is 0 Å². The average Bonchev–Trinajstić information content (AvgIpc) is 2.86. The second-order valence-corrected chi connectivity index (χ2v) is 10.7. The summed E-state index contributed by atoms with van der Waals surface area (Å²) >= 11 is 12.8. The maximum Gasteiger partial charge on any atom is 0.410 e. The molecule has 182 valence electrons. The maximum absolute atomic E-state index is 13.8. The number of likely N-dealkylation sites (N-methyl/N-ethyl adjacent to an activating group) is 1. The Bertz CT molecular complexity index is 954. The summed E-state index contributed by atoms with van der Waals surface area (Å²) in [6, 6.07) is -0.202. The lowest BCUT2D eigenvalue weighted by Gasteiger charge is -2.41. The number of amides is 2. The summed E-state index contributed by atoms with van der Waals surface area (Å²) < 4.78 is 11.6. The van der Waals surface area contributed by atoms with Crippen molar-refractivity contribution in [2.45, 2.75) is 45.4 Å². The highest BCUT2D eigenvalue weighted by Gasteiger charge is 2.42. The number of nitrogens with zero attached hydrogens (tertiary/aromatic N) is 5. The summed E-state index contributed by atoms with van der Waals surface area (Å²) in [6.45, 7) is 11.2. The SMILES string of the molecule is C[C@H]1CN(C)CCN1c1nc(Cl)c(Cl)c2c1C(=O)N1CCN(C(=O)OC(C)(C)C)CC1CO2. The van der Waals surface area contributed by atoms with Crippen molar-refractivity contribution in [3.8, 4) is 5.75 Å². The van der Waals surface area contributed by atoms with E-state index in [4.69, 9.17) is 32.7 Å². The lowest BCUT2D eigenvalue weighted by atomic mass is 10.1. The van der Waals surface area contributed by atoms with Gasteiger partial charge in [-0.25, -0.2) is 9.78 Å². The molecule has 3 aliphatic heterocycles. The summed E-state index contributed by atoms with van der Waals surface area (Å²) in [5.74, 6) is 0.560. The van der Waals surface area contributed by atoms with E-state index in [0.717, 1.165) is 13.1 Å². The van der Waals surface area contributed by atoms with Crippen LogP contribution < -0.4 is 9.64 Å². The monoisotopic (exact) mass is 499 g/mol. The molecule has 3 aliphatic rings. The fraction of sp³-hybridized carbons (Fsp3) is 0.682. The van der Waals surface area contributed by atoms with Crippen molar-refractivity contribution in [1.29, 1.82) is 0 Å². The Morgan fingerprint density at radius 2 is 1.82 bits per heavy atom. The van der Waals surface area contributed by atoms with Crippen LogP contribution in [0.5, 0.6) is 5.75 Å². The number of piperazine rings is 2. The van der Waals surface area contributed by atoms with Gasteiger partial charge in [-0.15, -0.1) is 0 Å². The van der Waals surface area contributed by atoms with Crippen molar-refractivity contribution in [1.82, 2.24) is 19.7 Å². The molecule has 4 heterocycles. The highest BCUT2D eigenvalue weighted by atomic mass is 35.5. The molecular weight excluding hydrogens is 469 g/mol. The normalized spacial score (nSPS) is 24.1. The summed E-state index contributed by atoms with van der Waals surface area (Å²) in [7, 11) is 2.07. The molecule has 0 bridgehead atoms. The maximum atomic E-state index is 13.8. The molecule has 0 aromatic carbocycles. The molecule has 33 heavy (non-hydrogen) atoms. The quantitative estimate of drug-likeness (QED) is 0.549. The van der Waals surface area contributed by atoms with Gasteiger partial charge in [0, 0.05) is 45.3 Å². The molecule has 9 nitrogen and oxygen atoms in total. The molecule has 1 aromatic rings. The number of halogens is 2. The van der Waals surface area contributed by atoms with Crippen LogP contribution in [-0.4, -0.2) is 102 Å². The predicted octanol–water partition coefficient (Wildman–Crippen LogP) is 2.98. The van der Waals surface area contributed by atoms with Crippen LogP contribution in [0.25, 0.3) is 0 Å². The largest absolute Gasteiger partial charge is 0.489 e. The molecule has 2 fully saturated rings. The van der Waals surface area contributed by atoms with E-state index in [0.29, 0.717) is 37.6 Å². The van der Waals surface area contributed by atoms with Crippen LogP contribution >= 0.6 is 23.2 Å². The molecule has 0 spiro atoms. The van der Waals surface area contributed by atoms with Gasteiger partial charge in [-0.3, -0.25) is 4.79 Å². The fourth-order valence-electron chi connectivity index (χ4n) is 4.57. The third-order valence-electron chi connectivity index (χ3n) is 6.17. The van der Waals surface area contributed by atoms with Crippen molar-refractivity contribution >= 4 is 41.0 Å². The van der Waals surface area contributed by atoms with Crippen LogP contribution in [0.2, 0.25) is 10.2 Å². The standard InChI is InChI=1S/C22H31Cl2N5O4/c1-13-10-26(5)6-8-28(13)19-15-17(16(23)18(24)25-19)32-12-14-11-27(7-9-29(14)20(15)30)21(31)33-22(2,3)4/h13-14H,6-12H2,1-5H3/t13-,14?/m0/s1. The van der Waals surface area contributed by atoms with Crippen LogP contribution in [0.4, 0.5) is 10.6 Å². The van der Waals surface area contributed by atoms with Crippen molar-refractivity contribution in [3.05, 3.63) is 15.7 Å². The summed E-state index contributed by atoms with van der Waals surface area (Å²) in [6.07, 6.45) is -0.397. The number of anilines is 1. The minimum Gasteiger partial charge on any atom is -0.489 e. The molecule has 0 aliphatic carbocycles. The zero-order valence-electron chi connectivity index (χ0n) is 19.7. The number of hydrogen-bond donors (Lipinski definition) is 0. The summed E-state index contributed by atoms with van der Waals surface area (Å²) in [4.78, 5) is 38.6. The number of fused-ring (bicyclic) bond motifs is 2. The summed E-state index contributed by atoms with van der Waals surface area (Å²) in [5.41, 5.74) is -0.251. The van der Waals surface area contributed by atoms with Crippen LogP contribution in [0.15, 0.2) is 0 Å². The Morgan fingerprint density at radius 1 is 1.12 bits per heavy atom. The molecule has 2 atom stereocenters. The lowest BCUT2D eigenvalue weighted by molar-refractivity contribution is 0.000952. The lowest BCUT2D eigenvalue weighted by Crippen LogP contribution is -2.58. The van der Waals surface area contributed by atoms with E-state index in [1.165, 1.54) is 0 Å². The first-order valence-electron chi connectivity index (χ1n) is 11.2. The Labute approximate surface area is 204 Å². The molecule has 2 amide bonds. The Balaban J connectivity index is 1.65. The van der Waals surface area contributed by atoms with Gasteiger partial charge in [0.05, 0.1) is 6.04 Å². The van der Waals surface area contributed by atoms with Gasteiger partial charge in [-0.1, -0.05) is 23.2 Å². The zero-order valence-corrected chi connectivity index (χ0v) is 21.2. The van der Waals surface area contributed by atoms with Gasteiger partial charge in [0.15, 0.2) is 10.9 Å². The third-order valence-corrected chi connectivity index (χ3v) is 6.89. The molecule has 11 heteroatoms. The molecule has 4 rings (SSSR count). The number of hydrogen-bond acceptors (Lipinski definition) is 7. The van der Waals surface area contributed by atoms with E-state index in [1.54, 1.807) is 9.80 Å². The van der Waals surface area contributed by atoms with Crippen LogP contribution in [-0.2, 0) is 4.74 Å². The van der Waals surface area contributed by atoms with Gasteiger partial charge in [-0.2, -0.15) is 0 Å². The molecular formula is C22H31Cl2N5O4. The van der Waals surface area contributed by atoms with E-state index >= 15 is 0 Å². The van der Waals surface area contributed by atoms with Crippen LogP contribution in [0.1, 0.15) is 38.1 Å². The number of ether oxygens (including phenoxy) is 2. The van der Waals surface area contributed by atoms with Gasteiger partial charge in [0.1, 0.15) is 28.6 Å². The highest BCUT2D eigenvalue weighted by molar-refractivity contribution is 6.42. The molecule has 0 saturated carbocycles. The minimum atomic E-state index is -0.593. The van der Waals surface area contributed by atoms with E-state index < -0.39 is 11.7 Å². The van der Waals surface area contributed by atoms with Gasteiger partial charge in [0.25, 0.3) is 5.91 Å². The number of pyridine rings is 1. The first-order chi connectivity index (χ1) is 15.5. The second-order valence-electron chi connectivity index (χ2n) is 9.94. The number of rotatable bonds is 1. The predicted molar refractivity (Wildman–Crippen MR) is 127 cm³/mol. The molecule has 1 aromatic heterocycles. The third kappa shape index (κ3) is 4.81. The smallest absolute Gasteiger partial charge is 0.410 e. The topological polar surface area (TPSA) is 78.5 Å². The van der Waals surface area contributed by atoms with Crippen molar-refractivity contribution in [2.24, 2.45) is 0 Å². The first kappa shape index (κ1) is 24.2. The minimum absolute atomic E-state index is 0.111. The molecule has 1 unspecified atom stereocenters. The van der Waals surface area contributed by atoms with Crippen molar-refractivity contribution < 1.29 is 19.1 Å². The average molecular weight is 500 g/mol.